The number of methoxy groups -OCH3 is 2. The second-order valence-electron chi connectivity index (χ2n) is 8.16. The van der Waals surface area contributed by atoms with E-state index in [9.17, 15) is 4.79 Å². The van der Waals surface area contributed by atoms with E-state index in [4.69, 9.17) is 35.5 Å². The maximum absolute atomic E-state index is 12.3. The number of hydrogen-bond acceptors (Lipinski definition) is 8. The average Bonchev–Trinajstić information content (AvgIpc) is 2.96. The predicted octanol–water partition coefficient (Wildman–Crippen LogP) is 6.41. The van der Waals surface area contributed by atoms with Crippen molar-refractivity contribution in [1.82, 2.24) is 0 Å². The molecule has 0 fully saturated rings. The van der Waals surface area contributed by atoms with Crippen LogP contribution in [-0.4, -0.2) is 38.2 Å². The van der Waals surface area contributed by atoms with E-state index < -0.39 is 5.97 Å². The van der Waals surface area contributed by atoms with Crippen molar-refractivity contribution in [3.63, 3.8) is 0 Å². The van der Waals surface area contributed by atoms with Gasteiger partial charge in [0.25, 0.3) is 0 Å². The van der Waals surface area contributed by atoms with Crippen LogP contribution in [0.4, 0.5) is 0 Å². The Labute approximate surface area is 233 Å². The van der Waals surface area contributed by atoms with E-state index in [0.29, 0.717) is 41.0 Å². The molecule has 0 aliphatic carbocycles. The van der Waals surface area contributed by atoms with Gasteiger partial charge in [-0.2, -0.15) is 0 Å². The molecule has 0 spiro atoms. The summed E-state index contributed by atoms with van der Waals surface area (Å²) in [4.78, 5) is 23.2. The van der Waals surface area contributed by atoms with Crippen LogP contribution in [0.15, 0.2) is 89.4 Å². The number of hydrogen-bond donors (Lipinski definition) is 0. The van der Waals surface area contributed by atoms with Gasteiger partial charge in [0.15, 0.2) is 0 Å². The van der Waals surface area contributed by atoms with E-state index >= 15 is 0 Å². The van der Waals surface area contributed by atoms with Crippen molar-refractivity contribution in [2.24, 2.45) is 10.3 Å². The second-order valence-corrected chi connectivity index (χ2v) is 8.60. The summed E-state index contributed by atoms with van der Waals surface area (Å²) in [7, 11) is 2.78. The summed E-state index contributed by atoms with van der Waals surface area (Å²) < 4.78 is 15.8. The molecular weight excluding hydrogens is 520 g/mol. The summed E-state index contributed by atoms with van der Waals surface area (Å²) in [5, 5.41) is 9.19. The van der Waals surface area contributed by atoms with Crippen molar-refractivity contribution in [3.05, 3.63) is 106 Å². The first-order chi connectivity index (χ1) is 19.0. The molecule has 0 saturated heterocycles. The fraction of sp³-hybridized carbons (Fsp3) is 0.233. The van der Waals surface area contributed by atoms with Crippen molar-refractivity contribution in [1.29, 1.82) is 0 Å². The molecule has 3 aromatic rings. The molecule has 9 heteroatoms. The van der Waals surface area contributed by atoms with E-state index in [1.165, 1.54) is 20.5 Å². The van der Waals surface area contributed by atoms with Crippen molar-refractivity contribution in [2.45, 2.75) is 27.1 Å². The van der Waals surface area contributed by atoms with Gasteiger partial charge in [0.1, 0.15) is 42.6 Å². The van der Waals surface area contributed by atoms with Gasteiger partial charge in [0.05, 0.1) is 20.5 Å². The highest BCUT2D eigenvalue weighted by Crippen LogP contribution is 2.22. The summed E-state index contributed by atoms with van der Waals surface area (Å²) >= 11 is 5.94. The highest BCUT2D eigenvalue weighted by molar-refractivity contribution is 6.47. The molecule has 3 rings (SSSR count). The first kappa shape index (κ1) is 29.3. The minimum absolute atomic E-state index is 0.102. The molecule has 8 nitrogen and oxygen atoms in total. The van der Waals surface area contributed by atoms with Crippen LogP contribution in [0.3, 0.4) is 0 Å². The van der Waals surface area contributed by atoms with Gasteiger partial charge in [-0.1, -0.05) is 58.3 Å². The third-order valence-corrected chi connectivity index (χ3v) is 5.70. The van der Waals surface area contributed by atoms with E-state index in [1.54, 1.807) is 13.0 Å². The summed E-state index contributed by atoms with van der Waals surface area (Å²) in [6.07, 6.45) is 1.34. The van der Waals surface area contributed by atoms with Gasteiger partial charge in [-0.15, -0.1) is 0 Å². The van der Waals surface area contributed by atoms with Gasteiger partial charge in [0, 0.05) is 16.1 Å². The quantitative estimate of drug-likeness (QED) is 0.0803. The maximum Gasteiger partial charge on any atom is 0.341 e. The van der Waals surface area contributed by atoms with Gasteiger partial charge < -0.3 is 23.9 Å². The van der Waals surface area contributed by atoms with Gasteiger partial charge in [-0.05, 0) is 61.4 Å². The Morgan fingerprint density at radius 2 is 1.62 bits per heavy atom. The molecule has 0 unspecified atom stereocenters. The minimum Gasteiger partial charge on any atom is -0.503 e. The number of ether oxygens (including phenoxy) is 3. The van der Waals surface area contributed by atoms with E-state index in [0.717, 1.165) is 16.7 Å². The molecular formula is C30H31ClN2O6. The predicted molar refractivity (Wildman–Crippen MR) is 152 cm³/mol. The topological polar surface area (TPSA) is 87.9 Å². The zero-order chi connectivity index (χ0) is 28.0. The van der Waals surface area contributed by atoms with Crippen LogP contribution in [0, 0.1) is 0 Å². The molecule has 0 aliphatic rings. The molecule has 3 aromatic carbocycles. The highest BCUT2D eigenvalue weighted by Gasteiger charge is 2.17. The number of nitrogens with zero attached hydrogens (tertiary/aromatic N) is 2. The lowest BCUT2D eigenvalue weighted by molar-refractivity contribution is -0.133. The minimum atomic E-state index is -0.518. The molecule has 0 aliphatic heterocycles. The van der Waals surface area contributed by atoms with Gasteiger partial charge in [0.2, 0.25) is 0 Å². The normalized spacial score (nSPS) is 12.1. The van der Waals surface area contributed by atoms with Crippen LogP contribution in [0.25, 0.3) is 5.57 Å². The molecule has 0 N–H and O–H groups in total. The second kappa shape index (κ2) is 15.2. The fourth-order valence-electron chi connectivity index (χ4n) is 3.51. The SMILES string of the molecule is CCO/N=C(/C(C)=N/OCc1ccccc1/C(=C\OC)C(=O)OC)c1ccc(OCc2ccc(Cl)cc2)cc1. The zero-order valence-electron chi connectivity index (χ0n) is 22.3. The van der Waals surface area contributed by atoms with Crippen molar-refractivity contribution in [3.8, 4) is 5.75 Å². The number of oxime groups is 2. The first-order valence-corrected chi connectivity index (χ1v) is 12.6. The Morgan fingerprint density at radius 3 is 2.28 bits per heavy atom. The Kier molecular flexibility index (Phi) is 11.4. The molecule has 0 heterocycles. The van der Waals surface area contributed by atoms with Crippen LogP contribution in [0.5, 0.6) is 5.75 Å². The Morgan fingerprint density at radius 1 is 0.897 bits per heavy atom. The molecule has 0 amide bonds. The monoisotopic (exact) mass is 550 g/mol. The van der Waals surface area contributed by atoms with E-state index in [2.05, 4.69) is 10.3 Å². The van der Waals surface area contributed by atoms with E-state index in [1.807, 2.05) is 73.7 Å². The number of carbonyl (C=O) groups excluding carboxylic acids is 1. The lowest BCUT2D eigenvalue weighted by Crippen LogP contribution is -2.14. The molecule has 0 aromatic heterocycles. The smallest absolute Gasteiger partial charge is 0.341 e. The van der Waals surface area contributed by atoms with Crippen LogP contribution in [0.2, 0.25) is 5.02 Å². The largest absolute Gasteiger partial charge is 0.503 e. The van der Waals surface area contributed by atoms with Crippen LogP contribution in [0.1, 0.15) is 36.1 Å². The molecule has 39 heavy (non-hydrogen) atoms. The fourth-order valence-corrected chi connectivity index (χ4v) is 3.64. The Balaban J connectivity index is 1.72. The third-order valence-electron chi connectivity index (χ3n) is 5.44. The Hall–Kier alpha value is -4.30. The summed E-state index contributed by atoms with van der Waals surface area (Å²) in [6.45, 7) is 4.55. The number of rotatable bonds is 13. The summed E-state index contributed by atoms with van der Waals surface area (Å²) in [5.41, 5.74) is 4.45. The number of halogens is 1. The van der Waals surface area contributed by atoms with Crippen LogP contribution >= 0.6 is 11.6 Å². The van der Waals surface area contributed by atoms with Crippen molar-refractivity contribution < 1.29 is 28.7 Å². The van der Waals surface area contributed by atoms with Crippen LogP contribution in [-0.2, 0) is 37.2 Å². The maximum atomic E-state index is 12.3. The van der Waals surface area contributed by atoms with Gasteiger partial charge >= 0.3 is 5.97 Å². The average molecular weight is 551 g/mol. The molecule has 0 atom stereocenters. The standard InChI is InChI=1S/C30H31ClN2O6/c1-5-38-33-29(23-12-16-26(17-13-23)37-18-22-10-14-25(31)15-11-22)21(2)32-39-19-24-8-6-7-9-27(24)28(20-35-3)30(34)36-4/h6-17,20H,5,18-19H2,1-4H3/b28-20+,32-21+,33-29-. The first-order valence-electron chi connectivity index (χ1n) is 12.2. The lowest BCUT2D eigenvalue weighted by atomic mass is 10.0. The lowest BCUT2D eigenvalue weighted by Gasteiger charge is -2.12. The third kappa shape index (κ3) is 8.61. The van der Waals surface area contributed by atoms with Gasteiger partial charge in [-0.25, -0.2) is 4.79 Å². The van der Waals surface area contributed by atoms with Crippen molar-refractivity contribution in [2.75, 3.05) is 20.8 Å². The van der Waals surface area contributed by atoms with Gasteiger partial charge in [-0.3, -0.25) is 0 Å². The summed E-state index contributed by atoms with van der Waals surface area (Å²) in [6, 6.07) is 22.3. The molecule has 0 saturated carbocycles. The number of benzene rings is 3. The van der Waals surface area contributed by atoms with E-state index in [-0.39, 0.29) is 12.2 Å². The number of esters is 1. The van der Waals surface area contributed by atoms with Crippen molar-refractivity contribution >= 4 is 34.6 Å². The molecule has 204 valence electrons. The van der Waals surface area contributed by atoms with Crippen LogP contribution < -0.4 is 4.74 Å². The zero-order valence-corrected chi connectivity index (χ0v) is 23.1. The Bertz CT molecular complexity index is 1320. The highest BCUT2D eigenvalue weighted by atomic mass is 35.5. The molecule has 0 bridgehead atoms. The number of carbonyl (C=O) groups is 1. The molecule has 0 radical (unpaired) electrons. The summed E-state index contributed by atoms with van der Waals surface area (Å²) in [5.74, 6) is 0.188.